The fourth-order valence-electron chi connectivity index (χ4n) is 3.35. The summed E-state index contributed by atoms with van der Waals surface area (Å²) < 4.78 is 3.84. The van der Waals surface area contributed by atoms with Crippen molar-refractivity contribution < 1.29 is 5.11 Å². The standard InChI is InChI=1S/C14H19O.2C4H9.ClH.Sn/c1-3-4-5-9-12-14(2,15)13-10-7-6-8-11-13;2*1-3-4-2;;/h6-8,10-12,15H,3-5H2,1-2H3;2*1,3-4H2,2H3;1H;/q;;;;+1/p-1. The molecule has 0 aliphatic heterocycles. The van der Waals surface area contributed by atoms with Gasteiger partial charge < -0.3 is 0 Å². The first-order valence-electron chi connectivity index (χ1n) is 10.1. The Bertz CT molecular complexity index is 502. The zero-order valence-corrected chi connectivity index (χ0v) is 20.3. The SMILES string of the molecule is CCCC/[C](=C/C(C)(O)c1ccccc1)[Sn]([Cl])([CH2]CCC)[CH2]CCC. The van der Waals surface area contributed by atoms with Crippen LogP contribution in [-0.4, -0.2) is 22.4 Å². The Morgan fingerprint density at radius 2 is 1.52 bits per heavy atom. The van der Waals surface area contributed by atoms with Crippen LogP contribution in [0.25, 0.3) is 0 Å². The van der Waals surface area contributed by atoms with E-state index in [2.05, 4.69) is 26.8 Å². The molecule has 1 unspecified atom stereocenters. The molecule has 1 atom stereocenters. The molecular formula is C22H37ClOSn. The third-order valence-electron chi connectivity index (χ3n) is 5.04. The summed E-state index contributed by atoms with van der Waals surface area (Å²) >= 11 is -2.90. The summed E-state index contributed by atoms with van der Waals surface area (Å²) in [5.41, 5.74) is 0.0279. The van der Waals surface area contributed by atoms with Crippen LogP contribution in [0.1, 0.15) is 78.2 Å². The van der Waals surface area contributed by atoms with Crippen LogP contribution in [-0.2, 0) is 5.60 Å². The van der Waals surface area contributed by atoms with Gasteiger partial charge in [0, 0.05) is 0 Å². The Balaban J connectivity index is 3.21. The van der Waals surface area contributed by atoms with Crippen molar-refractivity contribution in [1.82, 2.24) is 0 Å². The second-order valence-electron chi connectivity index (χ2n) is 7.46. The average Bonchev–Trinajstić information content (AvgIpc) is 2.62. The van der Waals surface area contributed by atoms with Crippen molar-refractivity contribution in [1.29, 1.82) is 0 Å². The Labute approximate surface area is 163 Å². The van der Waals surface area contributed by atoms with Gasteiger partial charge in [-0.1, -0.05) is 0 Å². The molecule has 142 valence electrons. The van der Waals surface area contributed by atoms with Crippen molar-refractivity contribution in [2.75, 3.05) is 0 Å². The summed E-state index contributed by atoms with van der Waals surface area (Å²) in [4.78, 5) is 0. The van der Waals surface area contributed by atoms with Gasteiger partial charge in [0.05, 0.1) is 0 Å². The molecule has 0 radical (unpaired) electrons. The van der Waals surface area contributed by atoms with Crippen LogP contribution >= 0.6 is 8.92 Å². The van der Waals surface area contributed by atoms with E-state index in [4.69, 9.17) is 8.92 Å². The van der Waals surface area contributed by atoms with Gasteiger partial charge in [-0.05, 0) is 0 Å². The van der Waals surface area contributed by atoms with Crippen LogP contribution in [0.3, 0.4) is 0 Å². The van der Waals surface area contributed by atoms with Crippen LogP contribution in [0.15, 0.2) is 40.0 Å². The van der Waals surface area contributed by atoms with Gasteiger partial charge >= 0.3 is 164 Å². The minimum absolute atomic E-state index is 0.931. The third kappa shape index (κ3) is 7.64. The normalized spacial score (nSPS) is 15.2. The van der Waals surface area contributed by atoms with E-state index >= 15 is 0 Å². The second kappa shape index (κ2) is 11.7. The van der Waals surface area contributed by atoms with E-state index in [1.807, 2.05) is 37.3 Å². The number of allylic oxidation sites excluding steroid dienone is 1. The van der Waals surface area contributed by atoms with Gasteiger partial charge in [-0.25, -0.2) is 0 Å². The predicted molar refractivity (Wildman–Crippen MR) is 115 cm³/mol. The predicted octanol–water partition coefficient (Wildman–Crippen LogP) is 7.33. The topological polar surface area (TPSA) is 20.2 Å². The van der Waals surface area contributed by atoms with Gasteiger partial charge in [-0.3, -0.25) is 0 Å². The summed E-state index contributed by atoms with van der Waals surface area (Å²) in [6.45, 7) is 8.64. The van der Waals surface area contributed by atoms with E-state index in [1.165, 1.54) is 51.0 Å². The Kier molecular flexibility index (Phi) is 10.8. The van der Waals surface area contributed by atoms with Crippen LogP contribution in [0.5, 0.6) is 0 Å². The van der Waals surface area contributed by atoms with E-state index in [1.54, 1.807) is 0 Å². The first-order chi connectivity index (χ1) is 11.9. The molecule has 0 spiro atoms. The molecule has 0 saturated heterocycles. The van der Waals surface area contributed by atoms with Gasteiger partial charge in [0.25, 0.3) is 0 Å². The number of hydrogen-bond acceptors (Lipinski definition) is 1. The Morgan fingerprint density at radius 3 is 2.00 bits per heavy atom. The molecule has 0 amide bonds. The molecular weight excluding hydrogens is 434 g/mol. The van der Waals surface area contributed by atoms with Crippen LogP contribution in [0, 0.1) is 0 Å². The van der Waals surface area contributed by atoms with Gasteiger partial charge in [0.2, 0.25) is 0 Å². The van der Waals surface area contributed by atoms with Crippen molar-refractivity contribution in [3.05, 3.63) is 45.6 Å². The van der Waals surface area contributed by atoms with Crippen molar-refractivity contribution in [2.45, 2.75) is 87.1 Å². The first-order valence-corrected chi connectivity index (χ1v) is 19.2. The van der Waals surface area contributed by atoms with E-state index in [9.17, 15) is 5.11 Å². The minimum atomic E-state index is -2.90. The second-order valence-corrected chi connectivity index (χ2v) is 22.5. The molecule has 1 aromatic carbocycles. The van der Waals surface area contributed by atoms with E-state index in [0.717, 1.165) is 12.0 Å². The van der Waals surface area contributed by atoms with E-state index in [0.29, 0.717) is 0 Å². The van der Waals surface area contributed by atoms with Crippen molar-refractivity contribution in [3.8, 4) is 0 Å². The first kappa shape index (κ1) is 23.0. The fraction of sp³-hybridized carbons (Fsp3) is 0.636. The summed E-state index contributed by atoms with van der Waals surface area (Å²) in [5, 5.41) is 11.2. The molecule has 0 bridgehead atoms. The molecule has 1 aromatic rings. The van der Waals surface area contributed by atoms with Gasteiger partial charge in [0.15, 0.2) is 0 Å². The molecule has 0 aliphatic carbocycles. The molecule has 1 nitrogen and oxygen atoms in total. The van der Waals surface area contributed by atoms with Crippen molar-refractivity contribution in [3.63, 3.8) is 0 Å². The maximum atomic E-state index is 11.2. The van der Waals surface area contributed by atoms with Crippen molar-refractivity contribution >= 4 is 26.2 Å². The Hall–Kier alpha value is 0.00870. The summed E-state index contributed by atoms with van der Waals surface area (Å²) in [5.74, 6) is 0. The number of benzene rings is 1. The number of halogens is 1. The third-order valence-corrected chi connectivity index (χ3v) is 20.2. The van der Waals surface area contributed by atoms with Crippen molar-refractivity contribution in [2.24, 2.45) is 0 Å². The summed E-state index contributed by atoms with van der Waals surface area (Å²) in [6, 6.07) is 10.0. The van der Waals surface area contributed by atoms with E-state index in [-0.39, 0.29) is 0 Å². The Morgan fingerprint density at radius 1 is 1.00 bits per heavy atom. The quantitative estimate of drug-likeness (QED) is 0.316. The summed E-state index contributed by atoms with van der Waals surface area (Å²) in [6.07, 6.45) is 10.4. The number of aliphatic hydroxyl groups is 1. The molecule has 0 heterocycles. The van der Waals surface area contributed by atoms with Gasteiger partial charge in [0.1, 0.15) is 0 Å². The van der Waals surface area contributed by atoms with Crippen LogP contribution in [0.2, 0.25) is 8.87 Å². The molecule has 0 saturated carbocycles. The fourth-order valence-corrected chi connectivity index (χ4v) is 17.2. The summed E-state index contributed by atoms with van der Waals surface area (Å²) in [7, 11) is 7.42. The number of rotatable bonds is 12. The van der Waals surface area contributed by atoms with E-state index < -0.39 is 22.9 Å². The molecule has 25 heavy (non-hydrogen) atoms. The zero-order valence-electron chi connectivity index (χ0n) is 16.7. The van der Waals surface area contributed by atoms with Gasteiger partial charge in [-0.15, -0.1) is 0 Å². The molecule has 0 aliphatic rings. The molecule has 3 heteroatoms. The van der Waals surface area contributed by atoms with Crippen LogP contribution < -0.4 is 0 Å². The van der Waals surface area contributed by atoms with Crippen LogP contribution in [0.4, 0.5) is 0 Å². The van der Waals surface area contributed by atoms with Gasteiger partial charge in [-0.2, -0.15) is 0 Å². The molecule has 1 rings (SSSR count). The molecule has 0 fully saturated rings. The number of unbranched alkanes of at least 4 members (excludes halogenated alkanes) is 3. The maximum absolute atomic E-state index is 11.2. The molecule has 0 aromatic heterocycles. The zero-order chi connectivity index (χ0) is 18.8. The average molecular weight is 472 g/mol. The number of hydrogen-bond donors (Lipinski definition) is 1. The monoisotopic (exact) mass is 472 g/mol. The molecule has 1 N–H and O–H groups in total.